The average molecular weight is 717 g/mol. The van der Waals surface area contributed by atoms with Gasteiger partial charge in [0.1, 0.15) is 74.1 Å². The molecule has 4 bridgehead atoms. The minimum absolute atomic E-state index is 0.214. The third kappa shape index (κ3) is 13.2. The molecule has 12 nitrogen and oxygen atoms in total. The first-order chi connectivity index (χ1) is 25.7. The summed E-state index contributed by atoms with van der Waals surface area (Å²) >= 11 is 0. The second-order valence-electron chi connectivity index (χ2n) is 11.4. The molecule has 5 rings (SSSR count). The number of fused-ring (bicyclic) bond motifs is 4. The predicted octanol–water partition coefficient (Wildman–Crippen LogP) is 5.77. The van der Waals surface area contributed by atoms with Crippen LogP contribution in [0.5, 0.6) is 34.5 Å². The topological polar surface area (TPSA) is 126 Å². The summed E-state index contributed by atoms with van der Waals surface area (Å²) in [7, 11) is 0. The number of para-hydroxylation sites is 2. The Morgan fingerprint density at radius 2 is 0.731 bits per heavy atom. The Morgan fingerprint density at radius 3 is 1.06 bits per heavy atom. The van der Waals surface area contributed by atoms with Crippen LogP contribution in [0.4, 0.5) is 0 Å². The van der Waals surface area contributed by atoms with Gasteiger partial charge in [0, 0.05) is 12.1 Å². The van der Waals surface area contributed by atoms with Crippen LogP contribution in [0.25, 0.3) is 0 Å². The molecule has 52 heavy (non-hydrogen) atoms. The van der Waals surface area contributed by atoms with E-state index in [0.717, 1.165) is 23.7 Å². The highest BCUT2D eigenvalue weighted by Crippen LogP contribution is 2.27. The lowest BCUT2D eigenvalue weighted by Crippen LogP contribution is -2.14. The van der Waals surface area contributed by atoms with E-state index in [4.69, 9.17) is 47.4 Å². The Labute approximate surface area is 303 Å². The van der Waals surface area contributed by atoms with Gasteiger partial charge in [-0.25, -0.2) is 0 Å². The second-order valence-corrected chi connectivity index (χ2v) is 11.4. The van der Waals surface area contributed by atoms with Crippen LogP contribution in [0.1, 0.15) is 31.8 Å². The zero-order valence-corrected chi connectivity index (χ0v) is 29.0. The molecule has 0 unspecified atom stereocenters. The van der Waals surface area contributed by atoms with Crippen molar-refractivity contribution in [1.82, 2.24) is 0 Å². The molecule has 1 heterocycles. The third-order valence-electron chi connectivity index (χ3n) is 7.49. The van der Waals surface area contributed by atoms with E-state index in [1.807, 2.05) is 36.4 Å². The number of ether oxygens (including phenoxy) is 10. The van der Waals surface area contributed by atoms with Crippen molar-refractivity contribution in [3.8, 4) is 34.5 Å². The molecular weight excluding hydrogens is 672 g/mol. The van der Waals surface area contributed by atoms with Crippen LogP contribution in [0.2, 0.25) is 0 Å². The number of carbonyl (C=O) groups excluding carboxylic acids is 2. The molecule has 0 radical (unpaired) electrons. The maximum atomic E-state index is 11.4. The number of aldehydes is 2. The van der Waals surface area contributed by atoms with Crippen molar-refractivity contribution in [3.05, 3.63) is 107 Å². The van der Waals surface area contributed by atoms with Gasteiger partial charge >= 0.3 is 0 Å². The van der Waals surface area contributed by atoms with Gasteiger partial charge in [-0.15, -0.1) is 0 Å². The van der Waals surface area contributed by atoms with Gasteiger partial charge in [0.25, 0.3) is 0 Å². The smallest absolute Gasteiger partial charge is 0.153 e. The maximum absolute atomic E-state index is 11.4. The summed E-state index contributed by atoms with van der Waals surface area (Å²) in [4.78, 5) is 22.8. The van der Waals surface area contributed by atoms with Gasteiger partial charge in [0.05, 0.1) is 64.0 Å². The number of rotatable bonds is 8. The number of hydrogen-bond acceptors (Lipinski definition) is 12. The van der Waals surface area contributed by atoms with Crippen molar-refractivity contribution in [2.24, 2.45) is 0 Å². The van der Waals surface area contributed by atoms with Gasteiger partial charge in [0.2, 0.25) is 0 Å². The molecule has 0 fully saturated rings. The lowest BCUT2D eigenvalue weighted by Gasteiger charge is -2.15. The van der Waals surface area contributed by atoms with Crippen molar-refractivity contribution in [3.63, 3.8) is 0 Å². The summed E-state index contributed by atoms with van der Waals surface area (Å²) in [6.07, 6.45) is 1.54. The third-order valence-corrected chi connectivity index (χ3v) is 7.49. The van der Waals surface area contributed by atoms with Gasteiger partial charge in [-0.2, -0.15) is 0 Å². The zero-order chi connectivity index (χ0) is 36.1. The van der Waals surface area contributed by atoms with Gasteiger partial charge in [0.15, 0.2) is 12.6 Å². The van der Waals surface area contributed by atoms with Crippen LogP contribution >= 0.6 is 0 Å². The van der Waals surface area contributed by atoms with Crippen LogP contribution in [-0.2, 0) is 32.2 Å². The second kappa shape index (κ2) is 21.9. The highest BCUT2D eigenvalue weighted by atomic mass is 16.6. The van der Waals surface area contributed by atoms with Crippen molar-refractivity contribution in [2.75, 3.05) is 79.3 Å². The van der Waals surface area contributed by atoms with Gasteiger partial charge in [-0.1, -0.05) is 24.3 Å². The Kier molecular flexibility index (Phi) is 16.1. The summed E-state index contributed by atoms with van der Waals surface area (Å²) in [5.74, 6) is 3.38. The number of carbonyl (C=O) groups is 2. The summed E-state index contributed by atoms with van der Waals surface area (Å²) in [5.41, 5.74) is 2.57. The highest BCUT2D eigenvalue weighted by molar-refractivity contribution is 5.79. The molecule has 12 heteroatoms. The summed E-state index contributed by atoms with van der Waals surface area (Å²) in [6.45, 7) is 4.65. The van der Waals surface area contributed by atoms with Crippen molar-refractivity contribution in [2.45, 2.75) is 13.2 Å². The minimum Gasteiger partial charge on any atom is -0.491 e. The highest BCUT2D eigenvalue weighted by Gasteiger charge is 2.10. The summed E-state index contributed by atoms with van der Waals surface area (Å²) in [6, 6.07) is 25.2. The molecule has 0 spiro atoms. The lowest BCUT2D eigenvalue weighted by molar-refractivity contribution is 0.0260. The fourth-order valence-electron chi connectivity index (χ4n) is 5.02. The normalized spacial score (nSPS) is 15.4. The van der Waals surface area contributed by atoms with E-state index in [9.17, 15) is 9.59 Å². The number of hydrogen-bond donors (Lipinski definition) is 0. The molecule has 1 aliphatic heterocycles. The molecule has 0 saturated heterocycles. The van der Waals surface area contributed by atoms with E-state index >= 15 is 0 Å². The quantitative estimate of drug-likeness (QED) is 0.206. The first-order valence-corrected chi connectivity index (χ1v) is 17.1. The van der Waals surface area contributed by atoms with Crippen LogP contribution in [-0.4, -0.2) is 91.9 Å². The van der Waals surface area contributed by atoms with E-state index in [-0.39, 0.29) is 13.2 Å². The van der Waals surface area contributed by atoms with Crippen LogP contribution in [0, 0.1) is 0 Å². The van der Waals surface area contributed by atoms with E-state index in [0.29, 0.717) is 125 Å². The van der Waals surface area contributed by atoms with Crippen molar-refractivity contribution < 1.29 is 57.0 Å². The Morgan fingerprint density at radius 1 is 0.423 bits per heavy atom. The minimum atomic E-state index is 0.214. The molecule has 1 aliphatic rings. The van der Waals surface area contributed by atoms with E-state index in [2.05, 4.69) is 0 Å². The Balaban J connectivity index is 1.14. The first-order valence-electron chi connectivity index (χ1n) is 17.1. The molecule has 0 amide bonds. The van der Waals surface area contributed by atoms with Crippen LogP contribution in [0.3, 0.4) is 0 Å². The monoisotopic (exact) mass is 716 g/mol. The average Bonchev–Trinajstić information content (AvgIpc) is 3.17. The molecule has 0 atom stereocenters. The Hall–Kier alpha value is -5.14. The first kappa shape index (κ1) is 38.1. The Bertz CT molecular complexity index is 1490. The summed E-state index contributed by atoms with van der Waals surface area (Å²) < 4.78 is 58.5. The largest absolute Gasteiger partial charge is 0.491 e. The number of benzene rings is 4. The molecule has 0 aliphatic carbocycles. The zero-order valence-electron chi connectivity index (χ0n) is 29.0. The maximum Gasteiger partial charge on any atom is 0.153 e. The predicted molar refractivity (Wildman–Crippen MR) is 190 cm³/mol. The van der Waals surface area contributed by atoms with E-state index < -0.39 is 0 Å². The lowest BCUT2D eigenvalue weighted by atomic mass is 10.2. The van der Waals surface area contributed by atoms with Crippen molar-refractivity contribution >= 4 is 12.6 Å². The summed E-state index contributed by atoms with van der Waals surface area (Å²) in [5, 5.41) is 0. The fourth-order valence-corrected chi connectivity index (χ4v) is 5.02. The molecule has 4 aromatic carbocycles. The molecular formula is C40H44O12. The SMILES string of the molecule is O=Cc1ccccc1OCc1cc2cc(c1)OCCOCCOCCOc1cc(COc3ccccc3C=O)cc(c1)OCCOCCOCCO2. The molecule has 276 valence electrons. The van der Waals surface area contributed by atoms with E-state index in [1.165, 1.54) is 0 Å². The fraction of sp³-hybridized carbons (Fsp3) is 0.350. The molecule has 4 aromatic rings. The molecule has 0 N–H and O–H groups in total. The van der Waals surface area contributed by atoms with Crippen molar-refractivity contribution in [1.29, 1.82) is 0 Å². The van der Waals surface area contributed by atoms with Gasteiger partial charge in [-0.3, -0.25) is 9.59 Å². The van der Waals surface area contributed by atoms with Crippen LogP contribution < -0.4 is 28.4 Å². The van der Waals surface area contributed by atoms with Gasteiger partial charge in [-0.05, 0) is 59.7 Å². The molecule has 0 aromatic heterocycles. The van der Waals surface area contributed by atoms with E-state index in [1.54, 1.807) is 48.5 Å². The van der Waals surface area contributed by atoms with Gasteiger partial charge < -0.3 is 47.4 Å². The standard InChI is InChI=1S/C40H44O12/c41-27-33-5-1-3-7-39(33)51-29-31-21-35-25-36(22-31)48-18-14-44-10-12-46-16-20-50-38-24-32(30-52-40-8-4-2-6-34(40)28-42)23-37(26-38)49-19-15-45-11-9-43-13-17-47-35/h1-8,21-28H,9-20,29-30H2. The van der Waals surface area contributed by atoms with Crippen LogP contribution in [0.15, 0.2) is 84.9 Å². The molecule has 0 saturated carbocycles.